The summed E-state index contributed by atoms with van der Waals surface area (Å²) in [5, 5.41) is 91.9. The zero-order valence-electron chi connectivity index (χ0n) is 43.7. The zero-order valence-corrected chi connectivity index (χ0v) is 43.7. The predicted octanol–water partition coefficient (Wildman–Crippen LogP) is -3.81. The van der Waals surface area contributed by atoms with Gasteiger partial charge < -0.3 is 96.5 Å². The SMILES string of the molecule is [C-]#[N+]C[C@@H](O)[C@@H]1NC(=O)[C@H]([C@H](O)Cc2ccc(OCc3ccccc3)c(OCCNCCO)c2)NC(=O)[C@@H]2C[C@@H](O)CN2C(=O)[C@H]([C@@H](C)O)NC(=O)C(NC(=O)OC(C)(C)C)C[C@@H](O)CNC(=O)[C@@H]2[C@@H](O)[C@@H](C)CN2C1=O. The topological polar surface area (TPSA) is 372 Å². The molecule has 2 aromatic carbocycles. The molecule has 7 amide bonds. The number of hydrogen-bond donors (Lipinski definition) is 13. The normalized spacial score (nSPS) is 27.3. The second-order valence-electron chi connectivity index (χ2n) is 20.4. The number of alkyl carbamates (subject to hydrolysis) is 1. The van der Waals surface area contributed by atoms with Crippen molar-refractivity contribution in [3.63, 3.8) is 0 Å². The number of rotatable bonds is 16. The monoisotopic (exact) mass is 1080 g/mol. The lowest BCUT2D eigenvalue weighted by Crippen LogP contribution is -2.64. The van der Waals surface area contributed by atoms with Crippen molar-refractivity contribution in [1.29, 1.82) is 0 Å². The second kappa shape index (κ2) is 28.1. The van der Waals surface area contributed by atoms with Crippen molar-refractivity contribution < 1.29 is 83.5 Å². The molecule has 2 aromatic rings. The van der Waals surface area contributed by atoms with Crippen molar-refractivity contribution in [2.75, 3.05) is 52.5 Å². The van der Waals surface area contributed by atoms with Crippen LogP contribution >= 0.6 is 0 Å². The van der Waals surface area contributed by atoms with Gasteiger partial charge in [-0.25, -0.2) is 11.4 Å². The number of carbonyl (C=O) groups is 7. The van der Waals surface area contributed by atoms with Crippen LogP contribution in [-0.4, -0.2) is 218 Å². The maximum Gasteiger partial charge on any atom is 0.408 e. The number of nitrogens with one attached hydrogen (secondary N) is 6. The molecule has 0 spiro atoms. The van der Waals surface area contributed by atoms with Crippen LogP contribution < -0.4 is 41.4 Å². The van der Waals surface area contributed by atoms with Gasteiger partial charge in [-0.05, 0) is 51.0 Å². The first-order valence-corrected chi connectivity index (χ1v) is 25.4. The third-order valence-electron chi connectivity index (χ3n) is 12.9. The van der Waals surface area contributed by atoms with Crippen LogP contribution in [0.2, 0.25) is 0 Å². The highest BCUT2D eigenvalue weighted by Gasteiger charge is 2.50. The van der Waals surface area contributed by atoms with E-state index in [0.717, 1.165) is 22.3 Å². The Morgan fingerprint density at radius 3 is 2.13 bits per heavy atom. The molecule has 3 heterocycles. The van der Waals surface area contributed by atoms with Crippen LogP contribution in [0.25, 0.3) is 4.85 Å². The third kappa shape index (κ3) is 17.1. The molecule has 13 N–H and O–H groups in total. The molecular weight excluding hydrogens is 1010 g/mol. The van der Waals surface area contributed by atoms with Crippen molar-refractivity contribution in [1.82, 2.24) is 41.7 Å². The Balaban J connectivity index is 1.57. The number of amides is 7. The lowest BCUT2D eigenvalue weighted by molar-refractivity contribution is -0.147. The number of benzene rings is 2. The molecule has 0 aliphatic carbocycles. The van der Waals surface area contributed by atoms with Gasteiger partial charge in [-0.15, -0.1) is 0 Å². The van der Waals surface area contributed by atoms with Gasteiger partial charge in [0.1, 0.15) is 55.1 Å². The summed E-state index contributed by atoms with van der Waals surface area (Å²) in [6.07, 6.45) is -12.9. The van der Waals surface area contributed by atoms with E-state index in [0.29, 0.717) is 24.4 Å². The number of ether oxygens (including phenoxy) is 3. The predicted molar refractivity (Wildman–Crippen MR) is 271 cm³/mol. The molecular formula is C51H73N9O17. The molecule has 26 heteroatoms. The summed E-state index contributed by atoms with van der Waals surface area (Å²) in [6, 6.07) is 2.74. The Bertz CT molecular complexity index is 2400. The molecule has 13 atom stereocenters. The van der Waals surface area contributed by atoms with Crippen LogP contribution in [-0.2, 0) is 46.5 Å². The standard InChI is InChI=1S/C51H73N9O17/c1-27-24-60-42(43(27)67)47(71)54-22-31(63)20-33(55-50(74)77-51(3,4)5)44(68)56-39(28(2)62)48(72)59-25-32(64)21-34(59)45(69)57-40(46(70)58-41(49(60)73)36(66)23-52-6)35(65)18-30-12-13-37(76-26-29-10-8-7-9-11-29)38(19-30)75-17-15-53-14-16-61/h7-13,19,27-28,31-36,39-43,53,61-67H,14-18,20-26H2,1-5H3,(H,54,71)(H,55,74)(H,56,68)(H,57,69)(H,58,70)/t27-,28+,31+,32+,33?,34-,35+,36+,39-,40-,41-,42-,43-/m0/s1. The van der Waals surface area contributed by atoms with Gasteiger partial charge in [-0.3, -0.25) is 28.8 Å². The van der Waals surface area contributed by atoms with E-state index in [1.807, 2.05) is 30.3 Å². The van der Waals surface area contributed by atoms with E-state index in [9.17, 15) is 69.3 Å². The lowest BCUT2D eigenvalue weighted by atomic mass is 9.99. The Morgan fingerprint density at radius 2 is 1.47 bits per heavy atom. The van der Waals surface area contributed by atoms with Gasteiger partial charge in [0.05, 0.1) is 37.1 Å². The Kier molecular flexibility index (Phi) is 22.3. The third-order valence-corrected chi connectivity index (χ3v) is 12.9. The van der Waals surface area contributed by atoms with Gasteiger partial charge in [0, 0.05) is 57.9 Å². The molecule has 0 saturated carbocycles. The minimum Gasteiger partial charge on any atom is -0.488 e. The molecule has 3 saturated heterocycles. The first kappa shape index (κ1) is 61.2. The number of carbonyl (C=O) groups excluding carboxylic acids is 7. The quantitative estimate of drug-likeness (QED) is 0.0566. The van der Waals surface area contributed by atoms with Crippen molar-refractivity contribution >= 4 is 41.5 Å². The van der Waals surface area contributed by atoms with E-state index in [1.165, 1.54) is 33.8 Å². The van der Waals surface area contributed by atoms with Gasteiger partial charge in [0.2, 0.25) is 42.0 Å². The van der Waals surface area contributed by atoms with Crippen molar-refractivity contribution in [2.45, 2.75) is 139 Å². The number of fused-ring (bicyclic) bond motifs is 2. The van der Waals surface area contributed by atoms with Gasteiger partial charge in [0.25, 0.3) is 0 Å². The van der Waals surface area contributed by atoms with Gasteiger partial charge in [-0.1, -0.05) is 43.3 Å². The maximum atomic E-state index is 14.7. The van der Waals surface area contributed by atoms with E-state index in [4.69, 9.17) is 20.8 Å². The molecule has 3 fully saturated rings. The zero-order chi connectivity index (χ0) is 56.7. The molecule has 0 radical (unpaired) electrons. The van der Waals surface area contributed by atoms with Crippen LogP contribution in [0.15, 0.2) is 48.5 Å². The van der Waals surface area contributed by atoms with E-state index in [2.05, 4.69) is 36.7 Å². The molecule has 0 bridgehead atoms. The highest BCUT2D eigenvalue weighted by molar-refractivity contribution is 5.98. The minimum atomic E-state index is -2.07. The number of aliphatic hydroxyl groups is 7. The second-order valence-corrected chi connectivity index (χ2v) is 20.4. The van der Waals surface area contributed by atoms with Gasteiger partial charge in [0.15, 0.2) is 17.6 Å². The van der Waals surface area contributed by atoms with Gasteiger partial charge in [-0.2, -0.15) is 0 Å². The van der Waals surface area contributed by atoms with Crippen LogP contribution in [0.5, 0.6) is 11.5 Å². The molecule has 424 valence electrons. The van der Waals surface area contributed by atoms with E-state index < -0.39 is 165 Å². The molecule has 5 rings (SSSR count). The summed E-state index contributed by atoms with van der Waals surface area (Å²) in [7, 11) is 0. The van der Waals surface area contributed by atoms with Crippen molar-refractivity contribution in [3.8, 4) is 11.5 Å². The van der Waals surface area contributed by atoms with Crippen molar-refractivity contribution in [2.24, 2.45) is 5.92 Å². The Morgan fingerprint density at radius 1 is 0.792 bits per heavy atom. The molecule has 0 aromatic heterocycles. The fourth-order valence-corrected chi connectivity index (χ4v) is 9.01. The van der Waals surface area contributed by atoms with E-state index in [-0.39, 0.29) is 32.1 Å². The largest absolute Gasteiger partial charge is 0.488 e. The maximum absolute atomic E-state index is 14.7. The fraction of sp³-hybridized carbons (Fsp3) is 0.608. The summed E-state index contributed by atoms with van der Waals surface area (Å²) in [4.78, 5) is 104. The Labute approximate surface area is 445 Å². The average molecular weight is 1080 g/mol. The first-order chi connectivity index (χ1) is 36.4. The number of nitrogens with zero attached hydrogens (tertiary/aromatic N) is 3. The fourth-order valence-electron chi connectivity index (χ4n) is 9.01. The van der Waals surface area contributed by atoms with Crippen molar-refractivity contribution in [3.05, 3.63) is 71.1 Å². The van der Waals surface area contributed by atoms with Crippen LogP contribution in [0, 0.1) is 12.5 Å². The summed E-state index contributed by atoms with van der Waals surface area (Å²) in [5.41, 5.74) is 0.0787. The van der Waals surface area contributed by atoms with E-state index in [1.54, 1.807) is 12.1 Å². The van der Waals surface area contributed by atoms with Crippen LogP contribution in [0.3, 0.4) is 0 Å². The highest BCUT2D eigenvalue weighted by atomic mass is 16.6. The summed E-state index contributed by atoms with van der Waals surface area (Å²) in [5.74, 6) is -7.20. The molecule has 77 heavy (non-hydrogen) atoms. The van der Waals surface area contributed by atoms with Gasteiger partial charge >= 0.3 is 6.09 Å². The molecule has 3 aliphatic heterocycles. The van der Waals surface area contributed by atoms with Crippen LogP contribution in [0.1, 0.15) is 58.6 Å². The summed E-state index contributed by atoms with van der Waals surface area (Å²) >= 11 is 0. The first-order valence-electron chi connectivity index (χ1n) is 25.4. The number of β-amino-alcohol motifs (C(OH)–C–C–N with tert-alkyl or cyclic N) is 1. The smallest absolute Gasteiger partial charge is 0.408 e. The molecule has 3 aliphatic rings. The summed E-state index contributed by atoms with van der Waals surface area (Å²) in [6.45, 7) is 13.2. The van der Waals surface area contributed by atoms with Crippen LogP contribution in [0.4, 0.5) is 4.79 Å². The molecule has 1 unspecified atom stereocenters. The Hall–Kier alpha value is -6.70. The summed E-state index contributed by atoms with van der Waals surface area (Å²) < 4.78 is 17.4. The number of hydrogen-bond acceptors (Lipinski definition) is 18. The van der Waals surface area contributed by atoms with E-state index >= 15 is 0 Å². The minimum absolute atomic E-state index is 0.0973. The lowest BCUT2D eigenvalue weighted by Gasteiger charge is -2.33. The average Bonchev–Trinajstić information content (AvgIpc) is 3.92. The molecule has 26 nitrogen and oxygen atoms in total. The highest BCUT2D eigenvalue weighted by Crippen LogP contribution is 2.31. The number of aliphatic hydroxyl groups excluding tert-OH is 7.